The van der Waals surface area contributed by atoms with E-state index in [2.05, 4.69) is 15.1 Å². The number of fused-ring (bicyclic) bond motifs is 1. The highest BCUT2D eigenvalue weighted by Crippen LogP contribution is 2.35. The molecule has 1 unspecified atom stereocenters. The van der Waals surface area contributed by atoms with Crippen molar-refractivity contribution in [3.8, 4) is 5.75 Å². The van der Waals surface area contributed by atoms with E-state index in [-0.39, 0.29) is 23.3 Å². The standard InChI is InChI=1S/C15H7F5N5O2/c16-9-10(17)12(19)14(13(20)11(9)18)27-25-5-22-15(6-2-1-3-26-6)23-8(25)4-7(21)24-25/h1-5H,(H2,21,24)/q+1. The van der Waals surface area contributed by atoms with Gasteiger partial charge in [0.05, 0.1) is 17.1 Å². The number of aliphatic imine (C=N–C) groups is 2. The zero-order valence-electron chi connectivity index (χ0n) is 13.0. The molecule has 0 aliphatic carbocycles. The highest BCUT2D eigenvalue weighted by molar-refractivity contribution is 6.03. The predicted molar refractivity (Wildman–Crippen MR) is 80.6 cm³/mol. The maximum absolute atomic E-state index is 14.0. The summed E-state index contributed by atoms with van der Waals surface area (Å²) in [5.74, 6) is -12.6. The first-order valence-electron chi connectivity index (χ1n) is 7.18. The van der Waals surface area contributed by atoms with Gasteiger partial charge in [-0.3, -0.25) is 4.84 Å². The molecule has 12 heteroatoms. The third kappa shape index (κ3) is 2.49. The van der Waals surface area contributed by atoms with E-state index in [9.17, 15) is 22.0 Å². The van der Waals surface area contributed by atoms with Crippen molar-refractivity contribution in [3.63, 3.8) is 0 Å². The first-order chi connectivity index (χ1) is 12.8. The first kappa shape index (κ1) is 16.9. The second-order valence-corrected chi connectivity index (χ2v) is 5.30. The van der Waals surface area contributed by atoms with Gasteiger partial charge in [-0.05, 0) is 17.2 Å². The largest absolute Gasteiger partial charge is 0.461 e. The average molecular weight is 384 g/mol. The van der Waals surface area contributed by atoms with Crippen molar-refractivity contribution in [3.05, 3.63) is 65.1 Å². The molecular weight excluding hydrogens is 377 g/mol. The molecular formula is C15H7F5N5O2+. The van der Waals surface area contributed by atoms with Gasteiger partial charge in [-0.1, -0.05) is 0 Å². The third-order valence-corrected chi connectivity index (χ3v) is 3.57. The van der Waals surface area contributed by atoms with Crippen LogP contribution in [0.25, 0.3) is 0 Å². The summed E-state index contributed by atoms with van der Waals surface area (Å²) in [5.41, 5.74) is 5.59. The predicted octanol–water partition coefficient (Wildman–Crippen LogP) is 2.70. The van der Waals surface area contributed by atoms with Crippen molar-refractivity contribution in [1.82, 2.24) is 0 Å². The minimum atomic E-state index is -2.32. The normalized spacial score (nSPS) is 20.9. The summed E-state index contributed by atoms with van der Waals surface area (Å²) in [6, 6.07) is 3.12. The Hall–Kier alpha value is -3.54. The Morgan fingerprint density at radius 2 is 1.67 bits per heavy atom. The van der Waals surface area contributed by atoms with Gasteiger partial charge in [0.25, 0.3) is 12.1 Å². The third-order valence-electron chi connectivity index (χ3n) is 3.57. The molecule has 2 N–H and O–H groups in total. The van der Waals surface area contributed by atoms with Gasteiger partial charge < -0.3 is 10.2 Å². The zero-order valence-corrected chi connectivity index (χ0v) is 13.0. The number of benzene rings is 1. The topological polar surface area (TPSA) is 85.5 Å². The lowest BCUT2D eigenvalue weighted by molar-refractivity contribution is -0.974. The van der Waals surface area contributed by atoms with Crippen molar-refractivity contribution >= 4 is 18.0 Å². The van der Waals surface area contributed by atoms with Crippen molar-refractivity contribution < 1.29 is 36.0 Å². The molecule has 0 saturated heterocycles. The zero-order chi connectivity index (χ0) is 19.3. The lowest BCUT2D eigenvalue weighted by Crippen LogP contribution is -2.44. The molecule has 1 aromatic carbocycles. The van der Waals surface area contributed by atoms with E-state index < -0.39 is 39.6 Å². The fraction of sp³-hybridized carbons (Fsp3) is 0. The van der Waals surface area contributed by atoms with Gasteiger partial charge in [0.15, 0.2) is 11.6 Å². The fourth-order valence-corrected chi connectivity index (χ4v) is 2.35. The van der Waals surface area contributed by atoms with E-state index in [1.807, 2.05) is 0 Å². The van der Waals surface area contributed by atoms with E-state index in [4.69, 9.17) is 15.0 Å². The summed E-state index contributed by atoms with van der Waals surface area (Å²) < 4.78 is 71.8. The van der Waals surface area contributed by atoms with Gasteiger partial charge >= 0.3 is 5.82 Å². The van der Waals surface area contributed by atoms with Crippen molar-refractivity contribution in [1.29, 1.82) is 0 Å². The maximum Gasteiger partial charge on any atom is 0.310 e. The quantitative estimate of drug-likeness (QED) is 0.382. The summed E-state index contributed by atoms with van der Waals surface area (Å²) in [5, 5.41) is 3.78. The number of amidine groups is 2. The Balaban J connectivity index is 1.79. The van der Waals surface area contributed by atoms with E-state index >= 15 is 0 Å². The molecule has 0 amide bonds. The number of nitrogens with zero attached hydrogens (tertiary/aromatic N) is 4. The van der Waals surface area contributed by atoms with E-state index in [0.29, 0.717) is 0 Å². The van der Waals surface area contributed by atoms with Crippen LogP contribution in [0.2, 0.25) is 0 Å². The molecule has 3 heterocycles. The van der Waals surface area contributed by atoms with Gasteiger partial charge in [-0.2, -0.15) is 18.8 Å². The van der Waals surface area contributed by atoms with Crippen LogP contribution in [-0.4, -0.2) is 22.8 Å². The lowest BCUT2D eigenvalue weighted by Gasteiger charge is -2.23. The molecule has 2 aromatic rings. The molecule has 7 nitrogen and oxygen atoms in total. The van der Waals surface area contributed by atoms with Crippen LogP contribution in [0.15, 0.2) is 49.8 Å². The number of hydroxylamine groups is 2. The number of hydrogen-bond acceptors (Lipinski definition) is 6. The van der Waals surface area contributed by atoms with Gasteiger partial charge in [0.2, 0.25) is 34.9 Å². The number of furan rings is 1. The second-order valence-electron chi connectivity index (χ2n) is 5.30. The summed E-state index contributed by atoms with van der Waals surface area (Å²) in [6.45, 7) is 0. The molecule has 0 bridgehead atoms. The number of halogens is 5. The SMILES string of the molecule is NC1=N[N+]2(Oc3c(F)c(F)c(F)c(F)c3F)C=NC(c3ccco3)=NC2=C1. The monoisotopic (exact) mass is 384 g/mol. The number of hydrogen-bond donors (Lipinski definition) is 1. The van der Waals surface area contributed by atoms with Crippen molar-refractivity contribution in [2.75, 3.05) is 0 Å². The van der Waals surface area contributed by atoms with E-state index in [1.54, 1.807) is 12.1 Å². The van der Waals surface area contributed by atoms with E-state index in [0.717, 1.165) is 6.34 Å². The summed E-state index contributed by atoms with van der Waals surface area (Å²) >= 11 is 0. The maximum atomic E-state index is 14.0. The molecule has 4 rings (SSSR count). The Morgan fingerprint density at radius 3 is 2.30 bits per heavy atom. The Bertz CT molecular complexity index is 1050. The molecule has 1 atom stereocenters. The summed E-state index contributed by atoms with van der Waals surface area (Å²) in [6.07, 6.45) is 3.46. The van der Waals surface area contributed by atoms with Gasteiger partial charge in [0.1, 0.15) is 0 Å². The molecule has 0 spiro atoms. The van der Waals surface area contributed by atoms with Crippen LogP contribution in [0.5, 0.6) is 5.75 Å². The van der Waals surface area contributed by atoms with E-state index in [1.165, 1.54) is 12.3 Å². The first-order valence-corrected chi connectivity index (χ1v) is 7.18. The molecule has 0 fully saturated rings. The van der Waals surface area contributed by atoms with Gasteiger partial charge in [0, 0.05) is 0 Å². The van der Waals surface area contributed by atoms with Crippen LogP contribution < -0.4 is 10.6 Å². The Kier molecular flexibility index (Phi) is 3.59. The van der Waals surface area contributed by atoms with Crippen LogP contribution >= 0.6 is 0 Å². The summed E-state index contributed by atoms with van der Waals surface area (Å²) in [4.78, 5) is 13.0. The van der Waals surface area contributed by atoms with Gasteiger partial charge in [-0.25, -0.2) is 13.2 Å². The molecule has 0 saturated carbocycles. The smallest absolute Gasteiger partial charge is 0.310 e. The Labute approximate surface area is 146 Å². The molecule has 138 valence electrons. The van der Waals surface area contributed by atoms with Crippen LogP contribution in [0.3, 0.4) is 0 Å². The van der Waals surface area contributed by atoms with Crippen LogP contribution in [0.4, 0.5) is 22.0 Å². The lowest BCUT2D eigenvalue weighted by atomic mass is 10.3. The average Bonchev–Trinajstić information content (AvgIpc) is 3.28. The van der Waals surface area contributed by atoms with Crippen LogP contribution in [0, 0.1) is 29.1 Å². The molecule has 0 radical (unpaired) electrons. The second kappa shape index (κ2) is 5.74. The number of quaternary nitrogens is 1. The van der Waals surface area contributed by atoms with Crippen LogP contribution in [-0.2, 0) is 0 Å². The molecule has 2 aliphatic rings. The van der Waals surface area contributed by atoms with Gasteiger partial charge in [-0.15, -0.1) is 0 Å². The molecule has 1 aromatic heterocycles. The molecule has 27 heavy (non-hydrogen) atoms. The summed E-state index contributed by atoms with van der Waals surface area (Å²) in [7, 11) is 0. The molecule has 2 aliphatic heterocycles. The fourth-order valence-electron chi connectivity index (χ4n) is 2.35. The number of rotatable bonds is 3. The Morgan fingerprint density at radius 1 is 1.00 bits per heavy atom. The van der Waals surface area contributed by atoms with Crippen LogP contribution in [0.1, 0.15) is 5.76 Å². The number of nitrogens with two attached hydrogens (primary N) is 1. The minimum absolute atomic E-state index is 0.0610. The highest BCUT2D eigenvalue weighted by Gasteiger charge is 2.47. The minimum Gasteiger partial charge on any atom is -0.461 e. The highest BCUT2D eigenvalue weighted by atomic mass is 19.2. The van der Waals surface area contributed by atoms with Crippen molar-refractivity contribution in [2.45, 2.75) is 0 Å². The van der Waals surface area contributed by atoms with Crippen molar-refractivity contribution in [2.24, 2.45) is 20.8 Å².